The molecule has 0 fully saturated rings. The Morgan fingerprint density at radius 3 is 3.00 bits per heavy atom. The molecule has 3 rings (SSSR count). The van der Waals surface area contributed by atoms with Crippen molar-refractivity contribution in [2.45, 2.75) is 18.9 Å². The molecular formula is C15H17N3O. The molecule has 0 bridgehead atoms. The molecule has 98 valence electrons. The van der Waals surface area contributed by atoms with Gasteiger partial charge in [-0.2, -0.15) is 0 Å². The standard InChI is InChI=1S/C15H17N3O/c1-17(2)14(19)9-11-4-3-5-13(8-11)18-7-6-12-10-16-15(12)18/h3-4,6-8,10,13H,5,9H2,1-2H3. The molecule has 1 aromatic rings. The van der Waals surface area contributed by atoms with Crippen LogP contribution in [0.25, 0.3) is 6.20 Å². The van der Waals surface area contributed by atoms with Crippen LogP contribution in [0.5, 0.6) is 0 Å². The van der Waals surface area contributed by atoms with Crippen molar-refractivity contribution in [1.82, 2.24) is 9.47 Å². The van der Waals surface area contributed by atoms with Gasteiger partial charge in [0.05, 0.1) is 12.5 Å². The van der Waals surface area contributed by atoms with Gasteiger partial charge >= 0.3 is 0 Å². The number of hydrogen-bond donors (Lipinski definition) is 0. The Labute approximate surface area is 112 Å². The van der Waals surface area contributed by atoms with Gasteiger partial charge in [0.25, 0.3) is 0 Å². The van der Waals surface area contributed by atoms with E-state index in [2.05, 4.69) is 40.1 Å². The van der Waals surface area contributed by atoms with Crippen LogP contribution in [0.4, 0.5) is 0 Å². The SMILES string of the molecule is CN(C)C(=O)CC1=CC(n2ccc3c2=NC=3)CC=C1. The van der Waals surface area contributed by atoms with E-state index in [0.717, 1.165) is 17.5 Å². The Morgan fingerprint density at radius 2 is 2.37 bits per heavy atom. The zero-order chi connectivity index (χ0) is 13.4. The number of rotatable bonds is 3. The van der Waals surface area contributed by atoms with Crippen molar-refractivity contribution >= 4 is 12.1 Å². The molecule has 0 N–H and O–H groups in total. The Balaban J connectivity index is 1.82. The number of carbonyl (C=O) groups excluding carboxylic acids is 1. The fourth-order valence-corrected chi connectivity index (χ4v) is 2.40. The Hall–Kier alpha value is -2.10. The highest BCUT2D eigenvalue weighted by molar-refractivity contribution is 5.78. The number of nitrogens with zero attached hydrogens (tertiary/aromatic N) is 3. The quantitative estimate of drug-likeness (QED) is 0.786. The molecule has 0 spiro atoms. The van der Waals surface area contributed by atoms with Gasteiger partial charge in [-0.1, -0.05) is 18.2 Å². The van der Waals surface area contributed by atoms with E-state index in [1.807, 2.05) is 6.20 Å². The fraction of sp³-hybridized carbons (Fsp3) is 0.333. The molecule has 1 aromatic heterocycles. The van der Waals surface area contributed by atoms with Gasteiger partial charge in [0.2, 0.25) is 5.91 Å². The zero-order valence-electron chi connectivity index (χ0n) is 11.2. The summed E-state index contributed by atoms with van der Waals surface area (Å²) in [7, 11) is 3.58. The molecule has 1 aliphatic carbocycles. The molecule has 0 saturated heterocycles. The zero-order valence-corrected chi connectivity index (χ0v) is 11.2. The Kier molecular flexibility index (Phi) is 2.85. The molecule has 4 heteroatoms. The maximum absolute atomic E-state index is 11.8. The maximum atomic E-state index is 11.8. The minimum Gasteiger partial charge on any atom is -0.349 e. The van der Waals surface area contributed by atoms with Crippen molar-refractivity contribution in [2.24, 2.45) is 4.99 Å². The smallest absolute Gasteiger partial charge is 0.226 e. The van der Waals surface area contributed by atoms with E-state index in [1.54, 1.807) is 19.0 Å². The van der Waals surface area contributed by atoms with Gasteiger partial charge in [-0.25, -0.2) is 4.99 Å². The van der Waals surface area contributed by atoms with Gasteiger partial charge in [-0.05, 0) is 18.1 Å². The topological polar surface area (TPSA) is 37.6 Å². The molecule has 0 saturated carbocycles. The summed E-state index contributed by atoms with van der Waals surface area (Å²) in [4.78, 5) is 17.7. The first-order valence-electron chi connectivity index (χ1n) is 6.47. The lowest BCUT2D eigenvalue weighted by Crippen LogP contribution is -2.36. The summed E-state index contributed by atoms with van der Waals surface area (Å²) in [5.41, 5.74) is 2.13. The summed E-state index contributed by atoms with van der Waals surface area (Å²) in [5, 5.41) is 1.20. The van der Waals surface area contributed by atoms with E-state index in [9.17, 15) is 4.79 Å². The highest BCUT2D eigenvalue weighted by atomic mass is 16.2. The van der Waals surface area contributed by atoms with Crippen LogP contribution in [-0.2, 0) is 4.79 Å². The van der Waals surface area contributed by atoms with Crippen LogP contribution in [0.3, 0.4) is 0 Å². The first-order valence-corrected chi connectivity index (χ1v) is 6.47. The Bertz CT molecular complexity index is 691. The molecule has 1 atom stereocenters. The highest BCUT2D eigenvalue weighted by Crippen LogP contribution is 2.22. The second-order valence-corrected chi connectivity index (χ2v) is 5.17. The average Bonchev–Trinajstić information content (AvgIpc) is 2.64. The van der Waals surface area contributed by atoms with Crippen molar-refractivity contribution in [3.63, 3.8) is 0 Å². The normalized spacial score (nSPS) is 19.7. The van der Waals surface area contributed by atoms with Gasteiger partial charge in [-0.3, -0.25) is 4.79 Å². The lowest BCUT2D eigenvalue weighted by atomic mass is 10.00. The lowest BCUT2D eigenvalue weighted by molar-refractivity contribution is -0.127. The monoisotopic (exact) mass is 255 g/mol. The lowest BCUT2D eigenvalue weighted by Gasteiger charge is -2.20. The van der Waals surface area contributed by atoms with Crippen LogP contribution in [0.1, 0.15) is 18.9 Å². The van der Waals surface area contributed by atoms with Crippen molar-refractivity contribution in [3.8, 4) is 0 Å². The second kappa shape index (κ2) is 4.53. The predicted molar refractivity (Wildman–Crippen MR) is 73.9 cm³/mol. The fourth-order valence-electron chi connectivity index (χ4n) is 2.40. The summed E-state index contributed by atoms with van der Waals surface area (Å²) in [6.45, 7) is 0. The van der Waals surface area contributed by atoms with Crippen molar-refractivity contribution in [2.75, 3.05) is 14.1 Å². The largest absolute Gasteiger partial charge is 0.349 e. The molecule has 4 nitrogen and oxygen atoms in total. The van der Waals surface area contributed by atoms with Crippen molar-refractivity contribution < 1.29 is 4.79 Å². The molecule has 1 unspecified atom stereocenters. The van der Waals surface area contributed by atoms with Crippen molar-refractivity contribution in [3.05, 3.63) is 46.8 Å². The highest BCUT2D eigenvalue weighted by Gasteiger charge is 2.16. The van der Waals surface area contributed by atoms with E-state index >= 15 is 0 Å². The molecule has 0 aromatic carbocycles. The number of hydrogen-bond acceptors (Lipinski definition) is 2. The summed E-state index contributed by atoms with van der Waals surface area (Å²) >= 11 is 0. The predicted octanol–water partition coefficient (Wildman–Crippen LogP) is 0.765. The number of fused-ring (bicyclic) bond motifs is 1. The molecule has 2 heterocycles. The third kappa shape index (κ3) is 2.14. The number of carbonyl (C=O) groups is 1. The summed E-state index contributed by atoms with van der Waals surface area (Å²) in [5.74, 6) is 0.134. The van der Waals surface area contributed by atoms with Gasteiger partial charge in [0.15, 0.2) is 0 Å². The van der Waals surface area contributed by atoms with Gasteiger partial charge in [0.1, 0.15) is 5.49 Å². The third-order valence-electron chi connectivity index (χ3n) is 3.57. The van der Waals surface area contributed by atoms with Crippen LogP contribution in [0.2, 0.25) is 0 Å². The maximum Gasteiger partial charge on any atom is 0.226 e. The van der Waals surface area contributed by atoms with E-state index in [-0.39, 0.29) is 11.9 Å². The van der Waals surface area contributed by atoms with Crippen LogP contribution in [0.15, 0.2) is 41.1 Å². The average molecular weight is 255 g/mol. The number of amides is 1. The van der Waals surface area contributed by atoms with Gasteiger partial charge in [-0.15, -0.1) is 0 Å². The van der Waals surface area contributed by atoms with Crippen LogP contribution < -0.4 is 10.7 Å². The van der Waals surface area contributed by atoms with Crippen LogP contribution in [0, 0.1) is 0 Å². The van der Waals surface area contributed by atoms with Gasteiger partial charge in [0, 0.05) is 31.7 Å². The number of aromatic nitrogens is 1. The first kappa shape index (κ1) is 12.0. The number of allylic oxidation sites excluding steroid dienone is 3. The van der Waals surface area contributed by atoms with Gasteiger partial charge < -0.3 is 9.47 Å². The van der Waals surface area contributed by atoms with E-state index in [1.165, 1.54) is 5.22 Å². The molecule has 0 radical (unpaired) electrons. The third-order valence-corrected chi connectivity index (χ3v) is 3.57. The minimum absolute atomic E-state index is 0.134. The Morgan fingerprint density at radius 1 is 1.53 bits per heavy atom. The van der Waals surface area contributed by atoms with Crippen LogP contribution >= 0.6 is 0 Å². The van der Waals surface area contributed by atoms with E-state index in [4.69, 9.17) is 0 Å². The molecule has 19 heavy (non-hydrogen) atoms. The first-order chi connectivity index (χ1) is 9.15. The van der Waals surface area contributed by atoms with Crippen molar-refractivity contribution in [1.29, 1.82) is 0 Å². The molecule has 2 aliphatic rings. The molecule has 1 amide bonds. The molecule has 1 aliphatic heterocycles. The van der Waals surface area contributed by atoms with Crippen LogP contribution in [-0.4, -0.2) is 29.5 Å². The second-order valence-electron chi connectivity index (χ2n) is 5.17. The summed E-state index contributed by atoms with van der Waals surface area (Å²) in [6.07, 6.45) is 11.7. The summed E-state index contributed by atoms with van der Waals surface area (Å²) < 4.78 is 2.18. The van der Waals surface area contributed by atoms with E-state index in [0.29, 0.717) is 6.42 Å². The molecular weight excluding hydrogens is 238 g/mol. The minimum atomic E-state index is 0.134. The van der Waals surface area contributed by atoms with E-state index < -0.39 is 0 Å². The summed E-state index contributed by atoms with van der Waals surface area (Å²) in [6, 6.07) is 2.36.